The summed E-state index contributed by atoms with van der Waals surface area (Å²) in [4.78, 5) is 9.47. The van der Waals surface area contributed by atoms with Crippen LogP contribution in [0.5, 0.6) is 0 Å². The number of nitrogens with two attached hydrogens (primary N) is 1. The monoisotopic (exact) mass is 192 g/mol. The van der Waals surface area contributed by atoms with Crippen LogP contribution in [0.25, 0.3) is 0 Å². The first-order valence-electron chi connectivity index (χ1n) is 3.55. The van der Waals surface area contributed by atoms with Crippen molar-refractivity contribution >= 4 is 20.5 Å². The van der Waals surface area contributed by atoms with Crippen LogP contribution < -0.4 is 10.9 Å². The van der Waals surface area contributed by atoms with Crippen molar-refractivity contribution in [1.82, 2.24) is 0 Å². The van der Waals surface area contributed by atoms with Gasteiger partial charge >= 0.3 is 9.41 Å². The summed E-state index contributed by atoms with van der Waals surface area (Å²) in [5.74, 6) is -0.481. The third-order valence-corrected chi connectivity index (χ3v) is 1.66. The first-order chi connectivity index (χ1) is 6.20. The molecule has 1 aromatic carbocycles. The maximum atomic E-state index is 10.2. The zero-order valence-electron chi connectivity index (χ0n) is 7.07. The van der Waals surface area contributed by atoms with Gasteiger partial charge in [0.15, 0.2) is 0 Å². The molecule has 0 unspecified atom stereocenters. The van der Waals surface area contributed by atoms with Crippen molar-refractivity contribution in [2.75, 3.05) is 0 Å². The molecule has 0 aromatic heterocycles. The Kier molecular flexibility index (Phi) is 6.27. The number of amides is 1. The van der Waals surface area contributed by atoms with Crippen molar-refractivity contribution in [3.05, 3.63) is 43.0 Å². The van der Waals surface area contributed by atoms with E-state index in [1.165, 1.54) is 0 Å². The maximum absolute atomic E-state index is 10.2. The molecule has 0 aliphatic heterocycles. The molecule has 13 heavy (non-hydrogen) atoms. The van der Waals surface area contributed by atoms with Gasteiger partial charge in [-0.3, -0.25) is 4.79 Å². The van der Waals surface area contributed by atoms with Gasteiger partial charge in [-0.2, -0.15) is 0 Å². The molecular formula is C9H10NO2Si. The van der Waals surface area contributed by atoms with Crippen LogP contribution in [0.2, 0.25) is 0 Å². The summed E-state index contributed by atoms with van der Waals surface area (Å²) in [6, 6.07) is 9.33. The van der Waals surface area contributed by atoms with Gasteiger partial charge in [0.1, 0.15) is 0 Å². The predicted molar refractivity (Wildman–Crippen MR) is 51.9 cm³/mol. The fraction of sp³-hybridized carbons (Fsp3) is 0. The summed E-state index contributed by atoms with van der Waals surface area (Å²) in [5.41, 5.74) is 4.53. The largest absolute Gasteiger partial charge is 0.378 e. The number of carbonyl (C=O) groups is 1. The predicted octanol–water partition coefficient (Wildman–Crippen LogP) is 0.0193. The molecule has 1 rings (SSSR count). The number of primary amides is 1. The fourth-order valence-corrected chi connectivity index (χ4v) is 0.835. The van der Waals surface area contributed by atoms with Crippen LogP contribution in [0, 0.1) is 0 Å². The van der Waals surface area contributed by atoms with Gasteiger partial charge in [-0.15, -0.1) is 0 Å². The Morgan fingerprint density at radius 2 is 1.85 bits per heavy atom. The maximum Gasteiger partial charge on any atom is 0.365 e. The van der Waals surface area contributed by atoms with E-state index in [2.05, 4.69) is 12.3 Å². The number of hydrogen-bond donors (Lipinski definition) is 1. The van der Waals surface area contributed by atoms with Gasteiger partial charge in [-0.05, 0) is 11.3 Å². The second-order valence-corrected chi connectivity index (χ2v) is 2.86. The third-order valence-electron chi connectivity index (χ3n) is 1.09. The Morgan fingerprint density at radius 1 is 1.38 bits per heavy atom. The Balaban J connectivity index is 0.000000252. The minimum absolute atomic E-state index is 0.320. The summed E-state index contributed by atoms with van der Waals surface area (Å²) < 4.78 is 10.2. The van der Waals surface area contributed by atoms with E-state index in [9.17, 15) is 9.26 Å². The van der Waals surface area contributed by atoms with Crippen LogP contribution in [0.4, 0.5) is 0 Å². The lowest BCUT2D eigenvalue weighted by atomic mass is 10.4. The number of benzene rings is 1. The normalized spacial score (nSPS) is 7.69. The highest BCUT2D eigenvalue weighted by Crippen LogP contribution is 1.77. The van der Waals surface area contributed by atoms with E-state index >= 15 is 0 Å². The van der Waals surface area contributed by atoms with Gasteiger partial charge in [-0.25, -0.2) is 0 Å². The summed E-state index contributed by atoms with van der Waals surface area (Å²) in [5, 5.41) is 0.882. The third kappa shape index (κ3) is 6.83. The highest BCUT2D eigenvalue weighted by Gasteiger charge is 1.83. The molecule has 0 aliphatic carbocycles. The van der Waals surface area contributed by atoms with E-state index < -0.39 is 5.91 Å². The Bertz CT molecular complexity index is 285. The number of carbonyl (C=O) groups excluding carboxylic acids is 1. The van der Waals surface area contributed by atoms with Gasteiger partial charge in [0.25, 0.3) is 0 Å². The van der Waals surface area contributed by atoms with Crippen LogP contribution in [0.1, 0.15) is 0 Å². The molecule has 0 heterocycles. The Labute approximate surface area is 79.1 Å². The van der Waals surface area contributed by atoms with Crippen molar-refractivity contribution in [3.63, 3.8) is 0 Å². The van der Waals surface area contributed by atoms with Crippen LogP contribution in [-0.2, 0) is 9.26 Å². The molecular weight excluding hydrogens is 182 g/mol. The van der Waals surface area contributed by atoms with Crippen LogP contribution >= 0.6 is 0 Å². The van der Waals surface area contributed by atoms with Gasteiger partial charge in [0.05, 0.1) is 0 Å². The molecule has 0 saturated carbocycles. The second kappa shape index (κ2) is 7.12. The van der Waals surface area contributed by atoms with Gasteiger partial charge in [0.2, 0.25) is 5.91 Å². The molecule has 1 aromatic rings. The quantitative estimate of drug-likeness (QED) is 0.530. The number of hydrogen-bond acceptors (Lipinski definition) is 2. The smallest absolute Gasteiger partial charge is 0.365 e. The van der Waals surface area contributed by atoms with Crippen LogP contribution in [-0.4, -0.2) is 15.3 Å². The van der Waals surface area contributed by atoms with E-state index in [1.54, 1.807) is 0 Å². The highest BCUT2D eigenvalue weighted by atomic mass is 28.2. The van der Waals surface area contributed by atoms with Crippen molar-refractivity contribution < 1.29 is 9.26 Å². The van der Waals surface area contributed by atoms with E-state index in [4.69, 9.17) is 0 Å². The molecule has 4 heteroatoms. The zero-order chi connectivity index (χ0) is 10.1. The summed E-state index contributed by atoms with van der Waals surface area (Å²) >= 11 is 0. The minimum atomic E-state index is -0.481. The van der Waals surface area contributed by atoms with Crippen LogP contribution in [0.15, 0.2) is 43.0 Å². The lowest BCUT2D eigenvalue weighted by Gasteiger charge is -1.80. The molecule has 0 fully saturated rings. The lowest BCUT2D eigenvalue weighted by molar-refractivity contribution is -0.113. The molecule has 0 spiro atoms. The van der Waals surface area contributed by atoms with Crippen molar-refractivity contribution in [2.24, 2.45) is 5.73 Å². The molecule has 67 valence electrons. The molecule has 1 radical (unpaired) electrons. The van der Waals surface area contributed by atoms with Crippen molar-refractivity contribution in [3.8, 4) is 0 Å². The Morgan fingerprint density at radius 3 is 2.08 bits per heavy atom. The number of rotatable bonds is 2. The molecule has 0 saturated heterocycles. The first kappa shape index (κ1) is 11.4. The fourth-order valence-electron chi connectivity index (χ4n) is 0.506. The summed E-state index contributed by atoms with van der Waals surface area (Å²) in [7, 11) is -0.320. The van der Waals surface area contributed by atoms with E-state index in [1.807, 2.05) is 30.3 Å². The average Bonchev–Trinajstić information content (AvgIpc) is 2.20. The average molecular weight is 192 g/mol. The molecule has 1 amide bonds. The minimum Gasteiger partial charge on any atom is -0.378 e. The summed E-state index contributed by atoms with van der Waals surface area (Å²) in [6.45, 7) is 3.09. The van der Waals surface area contributed by atoms with Crippen molar-refractivity contribution in [1.29, 1.82) is 0 Å². The van der Waals surface area contributed by atoms with E-state index in [0.29, 0.717) is 0 Å². The van der Waals surface area contributed by atoms with Crippen LogP contribution in [0.3, 0.4) is 0 Å². The lowest BCUT2D eigenvalue weighted by Crippen LogP contribution is -2.04. The zero-order valence-corrected chi connectivity index (χ0v) is 8.07. The standard InChI is InChI=1S/C6H5OSi.C3H5NO/c7-8-6-4-2-1-3-5-6;1-2-3(4)5/h1-5H;2H,1H2,(H2,4,5). The van der Waals surface area contributed by atoms with Gasteiger partial charge < -0.3 is 10.2 Å². The Hall–Kier alpha value is -1.55. The molecule has 3 nitrogen and oxygen atoms in total. The molecule has 0 aliphatic rings. The summed E-state index contributed by atoms with van der Waals surface area (Å²) in [6.07, 6.45) is 1.06. The van der Waals surface area contributed by atoms with Crippen molar-refractivity contribution in [2.45, 2.75) is 0 Å². The highest BCUT2D eigenvalue weighted by molar-refractivity contribution is 6.38. The van der Waals surface area contributed by atoms with Gasteiger partial charge in [0, 0.05) is 0 Å². The first-order valence-corrected chi connectivity index (χ1v) is 4.46. The SMILES string of the molecule is C=CC(N)=O.O=[Si]c1ccccc1. The topological polar surface area (TPSA) is 60.2 Å². The molecule has 2 N–H and O–H groups in total. The van der Waals surface area contributed by atoms with E-state index in [-0.39, 0.29) is 9.41 Å². The molecule has 0 atom stereocenters. The second-order valence-electron chi connectivity index (χ2n) is 2.07. The molecule has 0 bridgehead atoms. The van der Waals surface area contributed by atoms with Gasteiger partial charge in [-0.1, -0.05) is 36.9 Å². The van der Waals surface area contributed by atoms with E-state index in [0.717, 1.165) is 11.3 Å².